The van der Waals surface area contributed by atoms with Gasteiger partial charge in [-0.3, -0.25) is 0 Å². The molecule has 2 rings (SSSR count). The van der Waals surface area contributed by atoms with Gasteiger partial charge < -0.3 is 10.6 Å². The minimum atomic E-state index is 0.615. The van der Waals surface area contributed by atoms with Crippen molar-refractivity contribution in [1.29, 1.82) is 0 Å². The molecule has 1 aliphatic carbocycles. The second-order valence-corrected chi connectivity index (χ2v) is 4.17. The van der Waals surface area contributed by atoms with Crippen LogP contribution in [0.5, 0.6) is 0 Å². The quantitative estimate of drug-likeness (QED) is 0.814. The average molecular weight is 206 g/mol. The zero-order valence-corrected chi connectivity index (χ0v) is 9.62. The fraction of sp³-hybridized carbons (Fsp3) is 0.636. The van der Waals surface area contributed by atoms with Crippen LogP contribution in [-0.2, 0) is 6.42 Å². The van der Waals surface area contributed by atoms with Crippen molar-refractivity contribution in [3.63, 3.8) is 0 Å². The van der Waals surface area contributed by atoms with Crippen LogP contribution in [0, 0.1) is 6.92 Å². The van der Waals surface area contributed by atoms with Crippen LogP contribution in [0.15, 0.2) is 0 Å². The van der Waals surface area contributed by atoms with Crippen LogP contribution in [-0.4, -0.2) is 23.1 Å². The van der Waals surface area contributed by atoms with Crippen LogP contribution >= 0.6 is 0 Å². The van der Waals surface area contributed by atoms with Crippen molar-refractivity contribution in [2.75, 3.05) is 17.7 Å². The maximum absolute atomic E-state index is 5.88. The Balaban J connectivity index is 2.39. The highest BCUT2D eigenvalue weighted by molar-refractivity contribution is 5.57. The Morgan fingerprint density at radius 3 is 2.60 bits per heavy atom. The van der Waals surface area contributed by atoms with Crippen molar-refractivity contribution in [2.24, 2.45) is 0 Å². The Morgan fingerprint density at radius 1 is 1.40 bits per heavy atom. The van der Waals surface area contributed by atoms with Gasteiger partial charge in [0, 0.05) is 25.1 Å². The molecule has 0 spiro atoms. The zero-order chi connectivity index (χ0) is 11.0. The van der Waals surface area contributed by atoms with E-state index in [1.54, 1.807) is 0 Å². The Labute approximate surface area is 90.5 Å². The number of anilines is 2. The Kier molecular flexibility index (Phi) is 2.50. The van der Waals surface area contributed by atoms with Gasteiger partial charge >= 0.3 is 0 Å². The maximum Gasteiger partial charge on any atom is 0.137 e. The monoisotopic (exact) mass is 206 g/mol. The van der Waals surface area contributed by atoms with E-state index in [9.17, 15) is 0 Å². The molecule has 0 radical (unpaired) electrons. The molecule has 1 saturated carbocycles. The normalized spacial score (nSPS) is 15.4. The summed E-state index contributed by atoms with van der Waals surface area (Å²) in [4.78, 5) is 11.0. The molecule has 0 aliphatic heterocycles. The molecule has 1 fully saturated rings. The summed E-state index contributed by atoms with van der Waals surface area (Å²) in [6.07, 6.45) is 3.36. The highest BCUT2D eigenvalue weighted by atomic mass is 15.2. The number of nitrogen functional groups attached to an aromatic ring is 1. The molecule has 1 aromatic rings. The molecule has 0 aromatic carbocycles. The van der Waals surface area contributed by atoms with Gasteiger partial charge in [0.05, 0.1) is 0 Å². The summed E-state index contributed by atoms with van der Waals surface area (Å²) in [5.41, 5.74) is 6.88. The summed E-state index contributed by atoms with van der Waals surface area (Å²) in [5.74, 6) is 2.45. The van der Waals surface area contributed by atoms with Crippen LogP contribution in [0.3, 0.4) is 0 Å². The number of nitrogens with two attached hydrogens (primary N) is 1. The van der Waals surface area contributed by atoms with E-state index in [4.69, 9.17) is 5.73 Å². The van der Waals surface area contributed by atoms with Crippen LogP contribution in [0.4, 0.5) is 11.6 Å². The molecule has 0 saturated heterocycles. The molecule has 15 heavy (non-hydrogen) atoms. The first-order chi connectivity index (χ1) is 7.13. The molecule has 0 bridgehead atoms. The third-order valence-electron chi connectivity index (χ3n) is 2.95. The lowest BCUT2D eigenvalue weighted by Crippen LogP contribution is -2.23. The zero-order valence-electron chi connectivity index (χ0n) is 9.62. The largest absolute Gasteiger partial charge is 0.383 e. The summed E-state index contributed by atoms with van der Waals surface area (Å²) in [7, 11) is 2.09. The molecule has 4 nitrogen and oxygen atoms in total. The number of rotatable bonds is 3. The second-order valence-electron chi connectivity index (χ2n) is 4.17. The molecule has 1 heterocycles. The van der Waals surface area contributed by atoms with Crippen LogP contribution < -0.4 is 10.6 Å². The lowest BCUT2D eigenvalue weighted by molar-refractivity contribution is 0.848. The van der Waals surface area contributed by atoms with Crippen molar-refractivity contribution in [1.82, 2.24) is 9.97 Å². The highest BCUT2D eigenvalue weighted by Gasteiger charge is 2.28. The minimum absolute atomic E-state index is 0.615. The van der Waals surface area contributed by atoms with Gasteiger partial charge in [-0.2, -0.15) is 0 Å². The van der Waals surface area contributed by atoms with Crippen molar-refractivity contribution in [3.8, 4) is 0 Å². The first-order valence-corrected chi connectivity index (χ1v) is 5.49. The molecule has 2 N–H and O–H groups in total. The van der Waals surface area contributed by atoms with E-state index in [0.717, 1.165) is 23.6 Å². The maximum atomic E-state index is 5.88. The molecular weight excluding hydrogens is 188 g/mol. The molecule has 0 atom stereocenters. The summed E-state index contributed by atoms with van der Waals surface area (Å²) in [6, 6.07) is 0.655. The SMILES string of the molecule is CCc1nc(N)c(C)c(N(C)C2CC2)n1. The average Bonchev–Trinajstić information content (AvgIpc) is 3.04. The summed E-state index contributed by atoms with van der Waals surface area (Å²) in [6.45, 7) is 4.04. The number of nitrogens with zero attached hydrogens (tertiary/aromatic N) is 3. The van der Waals surface area contributed by atoms with Crippen molar-refractivity contribution in [3.05, 3.63) is 11.4 Å². The van der Waals surface area contributed by atoms with Crippen LogP contribution in [0.2, 0.25) is 0 Å². The summed E-state index contributed by atoms with van der Waals surface area (Å²) in [5, 5.41) is 0. The molecule has 1 aliphatic rings. The molecule has 0 amide bonds. The number of hydrogen-bond donors (Lipinski definition) is 1. The van der Waals surface area contributed by atoms with E-state index in [1.807, 2.05) is 13.8 Å². The van der Waals surface area contributed by atoms with Crippen LogP contribution in [0.25, 0.3) is 0 Å². The lowest BCUT2D eigenvalue weighted by atomic mass is 10.2. The number of aryl methyl sites for hydroxylation is 1. The summed E-state index contributed by atoms with van der Waals surface area (Å²) < 4.78 is 0. The number of aromatic nitrogens is 2. The van der Waals surface area contributed by atoms with Gasteiger partial charge in [0.1, 0.15) is 17.5 Å². The number of hydrogen-bond acceptors (Lipinski definition) is 4. The van der Waals surface area contributed by atoms with Crippen molar-refractivity contribution < 1.29 is 0 Å². The third-order valence-corrected chi connectivity index (χ3v) is 2.95. The topological polar surface area (TPSA) is 55.0 Å². The van der Waals surface area contributed by atoms with Crippen LogP contribution in [0.1, 0.15) is 31.2 Å². The van der Waals surface area contributed by atoms with Gasteiger partial charge in [-0.1, -0.05) is 6.92 Å². The Morgan fingerprint density at radius 2 is 2.07 bits per heavy atom. The molecule has 82 valence electrons. The Hall–Kier alpha value is -1.32. The van der Waals surface area contributed by atoms with Gasteiger partial charge in [-0.15, -0.1) is 0 Å². The van der Waals surface area contributed by atoms with Gasteiger partial charge in [0.25, 0.3) is 0 Å². The smallest absolute Gasteiger partial charge is 0.137 e. The Bertz CT molecular complexity index is 371. The standard InChI is InChI=1S/C11H18N4/c1-4-9-13-10(12)7(2)11(14-9)15(3)8-5-6-8/h8H,4-6H2,1-3H3,(H2,12,13,14). The van der Waals surface area contributed by atoms with E-state index in [2.05, 4.69) is 21.9 Å². The first kappa shape index (κ1) is 10.2. The van der Waals surface area contributed by atoms with E-state index < -0.39 is 0 Å². The van der Waals surface area contributed by atoms with Gasteiger partial charge in [0.2, 0.25) is 0 Å². The predicted octanol–water partition coefficient (Wildman–Crippen LogP) is 1.53. The van der Waals surface area contributed by atoms with E-state index in [-0.39, 0.29) is 0 Å². The van der Waals surface area contributed by atoms with Gasteiger partial charge in [0.15, 0.2) is 0 Å². The van der Waals surface area contributed by atoms with Gasteiger partial charge in [-0.05, 0) is 19.8 Å². The van der Waals surface area contributed by atoms with E-state index >= 15 is 0 Å². The van der Waals surface area contributed by atoms with Crippen molar-refractivity contribution >= 4 is 11.6 Å². The highest BCUT2D eigenvalue weighted by Crippen LogP contribution is 2.31. The predicted molar refractivity (Wildman–Crippen MR) is 62.0 cm³/mol. The minimum Gasteiger partial charge on any atom is -0.383 e. The molecular formula is C11H18N4. The fourth-order valence-corrected chi connectivity index (χ4v) is 1.70. The second kappa shape index (κ2) is 3.68. The first-order valence-electron chi connectivity index (χ1n) is 5.49. The summed E-state index contributed by atoms with van der Waals surface area (Å²) >= 11 is 0. The molecule has 4 heteroatoms. The van der Waals surface area contributed by atoms with Crippen molar-refractivity contribution in [2.45, 2.75) is 39.2 Å². The third kappa shape index (κ3) is 1.89. The van der Waals surface area contributed by atoms with Gasteiger partial charge in [-0.25, -0.2) is 9.97 Å². The van der Waals surface area contributed by atoms with E-state index in [0.29, 0.717) is 11.9 Å². The van der Waals surface area contributed by atoms with E-state index in [1.165, 1.54) is 12.8 Å². The molecule has 1 aromatic heterocycles. The molecule has 0 unspecified atom stereocenters. The fourth-order valence-electron chi connectivity index (χ4n) is 1.70. The lowest BCUT2D eigenvalue weighted by Gasteiger charge is -2.20.